The van der Waals surface area contributed by atoms with E-state index < -0.39 is 0 Å². The maximum absolute atomic E-state index is 2.60. The van der Waals surface area contributed by atoms with Crippen LogP contribution >= 0.6 is 0 Å². The van der Waals surface area contributed by atoms with E-state index in [1.54, 1.807) is 0 Å². The molecule has 0 aliphatic carbocycles. The number of rotatable bonds is 5. The van der Waals surface area contributed by atoms with Gasteiger partial charge >= 0.3 is 0 Å². The van der Waals surface area contributed by atoms with Crippen molar-refractivity contribution in [2.45, 2.75) is 97.8 Å². The molecule has 0 atom stereocenters. The minimum absolute atomic E-state index is 0.0252. The number of para-hydroxylation sites is 2. The van der Waals surface area contributed by atoms with E-state index in [2.05, 4.69) is 266 Å². The third kappa shape index (κ3) is 6.85. The first-order valence-corrected chi connectivity index (χ1v) is 24.2. The molecule has 0 saturated heterocycles. The van der Waals surface area contributed by atoms with E-state index in [9.17, 15) is 0 Å². The van der Waals surface area contributed by atoms with Crippen LogP contribution in [0.25, 0.3) is 27.5 Å². The zero-order chi connectivity index (χ0) is 46.8. The van der Waals surface area contributed by atoms with E-state index in [1.807, 2.05) is 0 Å². The number of hydrogen-bond donors (Lipinski definition) is 0. The van der Waals surface area contributed by atoms with E-state index >= 15 is 0 Å². The highest BCUT2D eigenvalue weighted by atomic mass is 15.2. The molecule has 332 valence electrons. The molecule has 0 saturated carbocycles. The van der Waals surface area contributed by atoms with Crippen molar-refractivity contribution >= 4 is 79.0 Å². The number of nitrogens with zero attached hydrogens (tertiary/aromatic N) is 3. The molecule has 2 aliphatic rings. The van der Waals surface area contributed by atoms with Crippen molar-refractivity contribution in [3.05, 3.63) is 204 Å². The van der Waals surface area contributed by atoms with Gasteiger partial charge in [0.2, 0.25) is 6.71 Å². The van der Waals surface area contributed by atoms with Crippen LogP contribution in [0.5, 0.6) is 0 Å². The molecule has 0 radical (unpaired) electrons. The van der Waals surface area contributed by atoms with Crippen LogP contribution in [0.15, 0.2) is 176 Å². The lowest BCUT2D eigenvalue weighted by Gasteiger charge is -2.46. The Morgan fingerprint density at radius 3 is 1.58 bits per heavy atom. The number of fused-ring (bicyclic) bond motifs is 8. The van der Waals surface area contributed by atoms with Gasteiger partial charge in [-0.3, -0.25) is 0 Å². The molecular formula is C63H62BN3. The molecule has 0 amide bonds. The number of hydrogen-bond acceptors (Lipinski definition) is 2. The molecule has 4 heteroatoms. The number of benzene rings is 8. The summed E-state index contributed by atoms with van der Waals surface area (Å²) in [5, 5.41) is 2.53. The maximum atomic E-state index is 2.60. The summed E-state index contributed by atoms with van der Waals surface area (Å²) in [5.41, 5.74) is 21.4. The van der Waals surface area contributed by atoms with Crippen LogP contribution in [-0.4, -0.2) is 11.3 Å². The summed E-state index contributed by atoms with van der Waals surface area (Å²) in [6.45, 7) is 25.5. The van der Waals surface area contributed by atoms with Gasteiger partial charge in [-0.15, -0.1) is 0 Å². The summed E-state index contributed by atoms with van der Waals surface area (Å²) in [7, 11) is 0. The zero-order valence-corrected chi connectivity index (χ0v) is 41.2. The molecule has 0 fully saturated rings. The van der Waals surface area contributed by atoms with Gasteiger partial charge in [-0.2, -0.15) is 0 Å². The third-order valence-electron chi connectivity index (χ3n) is 14.9. The zero-order valence-electron chi connectivity index (χ0n) is 41.2. The maximum Gasteiger partial charge on any atom is 0.247 e. The quantitative estimate of drug-likeness (QED) is 0.160. The van der Waals surface area contributed by atoms with Gasteiger partial charge in [0.25, 0.3) is 0 Å². The molecule has 3 nitrogen and oxygen atoms in total. The molecule has 8 aromatic carbocycles. The Morgan fingerprint density at radius 2 is 0.985 bits per heavy atom. The standard InChI is InChI=1S/C63H62BN3/c1-60(2,3)41-24-30-45(31-25-41)65(46-32-26-42(27-33-46)61(4,5)6)48-36-37-52-51(40-48)63(10,11)50-21-17-23-56-58(50)64(52)53-38-39-55-57(59(53)67(56)47-34-28-43(29-35-47)62(7,8)9)49-20-15-16-22-54(49)66(55)44-18-13-12-14-19-44/h12-40H,1-11H3. The summed E-state index contributed by atoms with van der Waals surface area (Å²) < 4.78 is 2.46. The summed E-state index contributed by atoms with van der Waals surface area (Å²) in [6, 6.07) is 67.0. The van der Waals surface area contributed by atoms with E-state index in [1.165, 1.54) is 83.1 Å². The largest absolute Gasteiger partial charge is 0.311 e. The molecule has 11 rings (SSSR count). The first-order valence-electron chi connectivity index (χ1n) is 24.2. The lowest BCUT2D eigenvalue weighted by Crippen LogP contribution is -2.64. The second-order valence-electron chi connectivity index (χ2n) is 22.7. The van der Waals surface area contributed by atoms with Gasteiger partial charge in [0.05, 0.1) is 16.7 Å². The van der Waals surface area contributed by atoms with E-state index in [0.717, 1.165) is 22.7 Å². The SMILES string of the molecule is CC(C)(C)c1ccc(N(c2ccc(C(C)(C)C)cc2)c2ccc3c(c2)C(C)(C)c2cccc4c2B3c2ccc3c(c2N4c2ccc(C(C)(C)C)cc2)c2ccccc2n3-c2ccccc2)cc1. The average Bonchev–Trinajstić information content (AvgIpc) is 3.65. The van der Waals surface area contributed by atoms with Crippen molar-refractivity contribution in [2.75, 3.05) is 9.80 Å². The van der Waals surface area contributed by atoms with Crippen LogP contribution in [0.4, 0.5) is 34.1 Å². The normalized spacial score (nSPS) is 14.3. The molecule has 0 bridgehead atoms. The Morgan fingerprint density at radius 1 is 0.448 bits per heavy atom. The highest BCUT2D eigenvalue weighted by Gasteiger charge is 2.47. The summed E-state index contributed by atoms with van der Waals surface area (Å²) in [5.74, 6) is 0. The minimum atomic E-state index is -0.294. The van der Waals surface area contributed by atoms with Crippen molar-refractivity contribution in [3.63, 3.8) is 0 Å². The highest BCUT2D eigenvalue weighted by molar-refractivity contribution is 6.99. The molecule has 3 heterocycles. The highest BCUT2D eigenvalue weighted by Crippen LogP contribution is 2.48. The van der Waals surface area contributed by atoms with E-state index in [4.69, 9.17) is 0 Å². The van der Waals surface area contributed by atoms with Gasteiger partial charge in [-0.1, -0.05) is 179 Å². The van der Waals surface area contributed by atoms with Crippen molar-refractivity contribution in [1.29, 1.82) is 0 Å². The van der Waals surface area contributed by atoms with E-state index in [-0.39, 0.29) is 28.4 Å². The third-order valence-corrected chi connectivity index (χ3v) is 14.9. The first-order chi connectivity index (χ1) is 31.9. The predicted molar refractivity (Wildman–Crippen MR) is 289 cm³/mol. The molecule has 0 N–H and O–H groups in total. The van der Waals surface area contributed by atoms with Gasteiger partial charge < -0.3 is 14.4 Å². The molecular weight excluding hydrogens is 810 g/mol. The average molecular weight is 872 g/mol. The van der Waals surface area contributed by atoms with Gasteiger partial charge in [0.15, 0.2) is 0 Å². The lowest BCUT2D eigenvalue weighted by molar-refractivity contribution is 0.590. The summed E-state index contributed by atoms with van der Waals surface area (Å²) in [6.07, 6.45) is 0. The molecule has 67 heavy (non-hydrogen) atoms. The van der Waals surface area contributed by atoms with Crippen molar-refractivity contribution in [2.24, 2.45) is 0 Å². The summed E-state index contributed by atoms with van der Waals surface area (Å²) >= 11 is 0. The summed E-state index contributed by atoms with van der Waals surface area (Å²) in [4.78, 5) is 5.06. The Bertz CT molecular complexity index is 3300. The Balaban J connectivity index is 1.17. The first kappa shape index (κ1) is 42.8. The Labute approximate surface area is 398 Å². The number of anilines is 6. The predicted octanol–water partition coefficient (Wildman–Crippen LogP) is 15.1. The van der Waals surface area contributed by atoms with Crippen LogP contribution in [0, 0.1) is 0 Å². The number of aromatic nitrogens is 1. The van der Waals surface area contributed by atoms with E-state index in [0.29, 0.717) is 0 Å². The van der Waals surface area contributed by atoms with Crippen LogP contribution < -0.4 is 26.2 Å². The smallest absolute Gasteiger partial charge is 0.247 e. The van der Waals surface area contributed by atoms with Crippen LogP contribution in [0.1, 0.15) is 104 Å². The van der Waals surface area contributed by atoms with Crippen molar-refractivity contribution in [3.8, 4) is 5.69 Å². The molecule has 0 spiro atoms. The van der Waals surface area contributed by atoms with Crippen molar-refractivity contribution in [1.82, 2.24) is 4.57 Å². The van der Waals surface area contributed by atoms with Gasteiger partial charge in [0.1, 0.15) is 0 Å². The van der Waals surface area contributed by atoms with Crippen LogP contribution in [-0.2, 0) is 21.7 Å². The second kappa shape index (κ2) is 15.1. The second-order valence-corrected chi connectivity index (χ2v) is 22.7. The molecule has 9 aromatic rings. The molecule has 1 aromatic heterocycles. The minimum Gasteiger partial charge on any atom is -0.311 e. The van der Waals surface area contributed by atoms with Gasteiger partial charge in [-0.25, -0.2) is 0 Å². The monoisotopic (exact) mass is 872 g/mol. The van der Waals surface area contributed by atoms with Crippen LogP contribution in [0.2, 0.25) is 0 Å². The Hall–Kier alpha value is -6.78. The van der Waals surface area contributed by atoms with Gasteiger partial charge in [0, 0.05) is 50.3 Å². The fourth-order valence-electron chi connectivity index (χ4n) is 11.3. The molecule has 2 aliphatic heterocycles. The lowest BCUT2D eigenvalue weighted by atomic mass is 9.30. The van der Waals surface area contributed by atoms with Gasteiger partial charge in [-0.05, 0) is 134 Å². The van der Waals surface area contributed by atoms with Crippen molar-refractivity contribution < 1.29 is 0 Å². The fraction of sp³-hybridized carbons (Fsp3) is 0.238. The topological polar surface area (TPSA) is 11.4 Å². The van der Waals surface area contributed by atoms with Crippen LogP contribution in [0.3, 0.4) is 0 Å². The fourth-order valence-corrected chi connectivity index (χ4v) is 11.3. The molecule has 0 unspecified atom stereocenters. The Kier molecular flexibility index (Phi) is 9.67.